The first-order valence-electron chi connectivity index (χ1n) is 8.24. The van der Waals surface area contributed by atoms with Gasteiger partial charge in [0.15, 0.2) is 5.11 Å². The summed E-state index contributed by atoms with van der Waals surface area (Å²) in [6.07, 6.45) is 0. The second kappa shape index (κ2) is 8.49. The molecule has 0 aliphatic heterocycles. The number of methoxy groups -OCH3 is 1. The van der Waals surface area contributed by atoms with Crippen LogP contribution in [0.15, 0.2) is 18.2 Å². The summed E-state index contributed by atoms with van der Waals surface area (Å²) in [7, 11) is 4.64. The molecule has 0 aliphatic rings. The largest absolute Gasteiger partial charge is 0.465 e. The number of benzene rings is 1. The Balaban J connectivity index is 2.33. The summed E-state index contributed by atoms with van der Waals surface area (Å²) < 4.78 is 4.88. The minimum Gasteiger partial charge on any atom is -0.465 e. The quantitative estimate of drug-likeness (QED) is 0.592. The van der Waals surface area contributed by atoms with Crippen molar-refractivity contribution >= 4 is 51.2 Å². The molecule has 8 heteroatoms. The third-order valence-corrected chi connectivity index (χ3v) is 5.39. The Morgan fingerprint density at radius 3 is 2.37 bits per heavy atom. The molecule has 0 fully saturated rings. The number of aryl methyl sites for hydroxylation is 2. The van der Waals surface area contributed by atoms with E-state index in [0.717, 1.165) is 16.8 Å². The molecule has 0 radical (unpaired) electrons. The number of nitrogens with one attached hydrogen (secondary N) is 2. The van der Waals surface area contributed by atoms with Crippen molar-refractivity contribution in [3.63, 3.8) is 0 Å². The number of hydrogen-bond donors (Lipinski definition) is 2. The zero-order valence-corrected chi connectivity index (χ0v) is 17.9. The summed E-state index contributed by atoms with van der Waals surface area (Å²) in [6.45, 7) is 5.74. The van der Waals surface area contributed by atoms with E-state index in [1.807, 2.05) is 32.0 Å². The summed E-state index contributed by atoms with van der Waals surface area (Å²) in [6, 6.07) is 5.98. The van der Waals surface area contributed by atoms with Crippen molar-refractivity contribution in [2.75, 3.05) is 31.8 Å². The lowest BCUT2D eigenvalue weighted by Gasteiger charge is -2.13. The van der Waals surface area contributed by atoms with Crippen LogP contribution in [0.25, 0.3) is 0 Å². The number of hydrogen-bond acceptors (Lipinski definition) is 5. The Morgan fingerprint density at radius 1 is 1.15 bits per heavy atom. The molecule has 1 aromatic carbocycles. The van der Waals surface area contributed by atoms with Crippen LogP contribution in [0.1, 0.15) is 36.7 Å². The van der Waals surface area contributed by atoms with E-state index in [0.29, 0.717) is 26.1 Å². The summed E-state index contributed by atoms with van der Waals surface area (Å²) >= 11 is 6.58. The molecule has 0 spiro atoms. The molecule has 0 saturated heterocycles. The Hall–Kier alpha value is -2.45. The molecule has 144 valence electrons. The Bertz CT molecular complexity index is 904. The highest BCUT2D eigenvalue weighted by molar-refractivity contribution is 7.80. The van der Waals surface area contributed by atoms with Gasteiger partial charge in [0.1, 0.15) is 5.00 Å². The minimum absolute atomic E-state index is 0.177. The molecule has 0 aliphatic carbocycles. The third kappa shape index (κ3) is 4.64. The number of esters is 1. The van der Waals surface area contributed by atoms with E-state index in [9.17, 15) is 9.59 Å². The fraction of sp³-hybridized carbons (Fsp3) is 0.316. The SMILES string of the molecule is COC(=O)c1c(NC(=S)Nc2ccc(C)cc2C)sc(C(=O)N(C)C)c1C. The smallest absolute Gasteiger partial charge is 0.341 e. The van der Waals surface area contributed by atoms with Crippen LogP contribution in [0.4, 0.5) is 10.7 Å². The van der Waals surface area contributed by atoms with E-state index in [1.165, 1.54) is 23.3 Å². The van der Waals surface area contributed by atoms with Crippen molar-refractivity contribution in [2.24, 2.45) is 0 Å². The van der Waals surface area contributed by atoms with Crippen LogP contribution in [0.2, 0.25) is 0 Å². The summed E-state index contributed by atoms with van der Waals surface area (Å²) in [4.78, 5) is 26.6. The highest BCUT2D eigenvalue weighted by Gasteiger charge is 2.26. The van der Waals surface area contributed by atoms with Gasteiger partial charge in [0.2, 0.25) is 0 Å². The van der Waals surface area contributed by atoms with Gasteiger partial charge in [-0.2, -0.15) is 0 Å². The number of ether oxygens (including phenoxy) is 1. The zero-order valence-electron chi connectivity index (χ0n) is 16.2. The van der Waals surface area contributed by atoms with Crippen molar-refractivity contribution in [2.45, 2.75) is 20.8 Å². The lowest BCUT2D eigenvalue weighted by atomic mass is 10.1. The fourth-order valence-electron chi connectivity index (χ4n) is 2.57. The van der Waals surface area contributed by atoms with Crippen molar-refractivity contribution in [1.82, 2.24) is 4.90 Å². The molecule has 6 nitrogen and oxygen atoms in total. The van der Waals surface area contributed by atoms with E-state index in [2.05, 4.69) is 10.6 Å². The van der Waals surface area contributed by atoms with Gasteiger partial charge in [-0.25, -0.2) is 4.79 Å². The molecule has 2 aromatic rings. The van der Waals surface area contributed by atoms with Gasteiger partial charge in [-0.3, -0.25) is 4.79 Å². The number of nitrogens with zero attached hydrogens (tertiary/aromatic N) is 1. The van der Waals surface area contributed by atoms with Gasteiger partial charge >= 0.3 is 5.97 Å². The molecule has 0 bridgehead atoms. The highest BCUT2D eigenvalue weighted by Crippen LogP contribution is 2.34. The fourth-order valence-corrected chi connectivity index (χ4v) is 4.06. The molecule has 0 unspecified atom stereocenters. The highest BCUT2D eigenvalue weighted by atomic mass is 32.1. The first-order valence-corrected chi connectivity index (χ1v) is 9.46. The first-order chi connectivity index (χ1) is 12.6. The van der Waals surface area contributed by atoms with Crippen molar-refractivity contribution in [3.05, 3.63) is 45.3 Å². The summed E-state index contributed by atoms with van der Waals surface area (Å²) in [5.74, 6) is -0.692. The molecule has 0 saturated carbocycles. The van der Waals surface area contributed by atoms with Gasteiger partial charge in [-0.15, -0.1) is 11.3 Å². The summed E-state index contributed by atoms with van der Waals surface area (Å²) in [5, 5.41) is 6.98. The van der Waals surface area contributed by atoms with Crippen molar-refractivity contribution in [1.29, 1.82) is 0 Å². The predicted molar refractivity (Wildman–Crippen MR) is 114 cm³/mol. The van der Waals surface area contributed by atoms with Gasteiger partial charge in [-0.1, -0.05) is 17.7 Å². The number of carbonyl (C=O) groups is 2. The maximum absolute atomic E-state index is 12.4. The maximum Gasteiger partial charge on any atom is 0.341 e. The lowest BCUT2D eigenvalue weighted by Crippen LogP contribution is -2.21. The number of amides is 1. The maximum atomic E-state index is 12.4. The zero-order chi connectivity index (χ0) is 20.3. The lowest BCUT2D eigenvalue weighted by molar-refractivity contribution is 0.0601. The van der Waals surface area contributed by atoms with Gasteiger partial charge in [-0.05, 0) is 50.2 Å². The standard InChI is InChI=1S/C19H23N3O3S2/c1-10-7-8-13(11(2)9-10)20-19(26)21-16-14(18(24)25-6)12(3)15(27-16)17(23)22(4)5/h7-9H,1-6H3,(H2,20,21,26). The van der Waals surface area contributed by atoms with E-state index in [4.69, 9.17) is 17.0 Å². The third-order valence-electron chi connectivity index (χ3n) is 3.99. The van der Waals surface area contributed by atoms with Crippen LogP contribution >= 0.6 is 23.6 Å². The van der Waals surface area contributed by atoms with Crippen LogP contribution in [-0.4, -0.2) is 43.1 Å². The van der Waals surface area contributed by atoms with E-state index in [-0.39, 0.29) is 5.91 Å². The number of thiophene rings is 1. The molecule has 1 aromatic heterocycles. The second-order valence-corrected chi connectivity index (χ2v) is 7.78. The summed E-state index contributed by atoms with van der Waals surface area (Å²) in [5.41, 5.74) is 3.97. The molecule has 0 atom stereocenters. The molecular formula is C19H23N3O3S2. The normalized spacial score (nSPS) is 10.3. The minimum atomic E-state index is -0.515. The molecular weight excluding hydrogens is 382 g/mol. The molecule has 2 N–H and O–H groups in total. The van der Waals surface area contributed by atoms with Crippen LogP contribution < -0.4 is 10.6 Å². The number of anilines is 2. The molecule has 1 amide bonds. The second-order valence-electron chi connectivity index (χ2n) is 6.35. The first kappa shape index (κ1) is 20.9. The Kier molecular flexibility index (Phi) is 6.56. The van der Waals surface area contributed by atoms with Crippen molar-refractivity contribution < 1.29 is 14.3 Å². The molecule has 1 heterocycles. The predicted octanol–water partition coefficient (Wildman–Crippen LogP) is 3.97. The Labute approximate surface area is 168 Å². The van der Waals surface area contributed by atoms with Gasteiger partial charge < -0.3 is 20.3 Å². The van der Waals surface area contributed by atoms with Crippen molar-refractivity contribution in [3.8, 4) is 0 Å². The topological polar surface area (TPSA) is 70.7 Å². The van der Waals surface area contributed by atoms with Crippen LogP contribution in [-0.2, 0) is 4.74 Å². The van der Waals surface area contributed by atoms with Crippen LogP contribution in [0.5, 0.6) is 0 Å². The van der Waals surface area contributed by atoms with E-state index in [1.54, 1.807) is 21.0 Å². The van der Waals surface area contributed by atoms with E-state index >= 15 is 0 Å². The average molecular weight is 406 g/mol. The van der Waals surface area contributed by atoms with Gasteiger partial charge in [0, 0.05) is 19.8 Å². The van der Waals surface area contributed by atoms with Crippen LogP contribution in [0, 0.1) is 20.8 Å². The number of carbonyl (C=O) groups excluding carboxylic acids is 2. The molecule has 2 rings (SSSR count). The molecule has 27 heavy (non-hydrogen) atoms. The monoisotopic (exact) mass is 405 g/mol. The van der Waals surface area contributed by atoms with Gasteiger partial charge in [0.05, 0.1) is 17.6 Å². The number of rotatable bonds is 4. The van der Waals surface area contributed by atoms with Crippen LogP contribution in [0.3, 0.4) is 0 Å². The van der Waals surface area contributed by atoms with Gasteiger partial charge in [0.25, 0.3) is 5.91 Å². The Morgan fingerprint density at radius 2 is 1.81 bits per heavy atom. The average Bonchev–Trinajstić information content (AvgIpc) is 2.91. The number of thiocarbonyl (C=S) groups is 1. The van der Waals surface area contributed by atoms with E-state index < -0.39 is 5.97 Å².